The molecule has 0 aliphatic carbocycles. The standard InChI is InChI=1S/C10H7F3N2O2/c1-4-7(9(16)17)8-5(14-4)2-3-6(15-8)10(11,12)13/h2-3,14H,1H3,(H,16,17). The third-order valence-electron chi connectivity index (χ3n) is 2.33. The van der Waals surface area contributed by atoms with E-state index in [9.17, 15) is 18.0 Å². The molecule has 0 saturated heterocycles. The number of hydrogen-bond donors (Lipinski definition) is 2. The number of alkyl halides is 3. The molecular weight excluding hydrogens is 237 g/mol. The average molecular weight is 244 g/mol. The number of aromatic nitrogens is 2. The Hall–Kier alpha value is -2.05. The van der Waals surface area contributed by atoms with Crippen LogP contribution in [0.4, 0.5) is 13.2 Å². The zero-order valence-electron chi connectivity index (χ0n) is 8.59. The van der Waals surface area contributed by atoms with Gasteiger partial charge in [-0.3, -0.25) is 0 Å². The minimum Gasteiger partial charge on any atom is -0.478 e. The third kappa shape index (κ3) is 1.83. The van der Waals surface area contributed by atoms with Crippen LogP contribution >= 0.6 is 0 Å². The van der Waals surface area contributed by atoms with Crippen molar-refractivity contribution in [1.29, 1.82) is 0 Å². The number of rotatable bonds is 1. The molecule has 0 radical (unpaired) electrons. The highest BCUT2D eigenvalue weighted by atomic mass is 19.4. The first-order chi connectivity index (χ1) is 7.80. The Morgan fingerprint density at radius 3 is 2.59 bits per heavy atom. The van der Waals surface area contributed by atoms with E-state index in [4.69, 9.17) is 5.11 Å². The van der Waals surface area contributed by atoms with Gasteiger partial charge in [0.25, 0.3) is 0 Å². The van der Waals surface area contributed by atoms with Crippen molar-refractivity contribution < 1.29 is 23.1 Å². The second-order valence-corrected chi connectivity index (χ2v) is 3.52. The summed E-state index contributed by atoms with van der Waals surface area (Å²) in [6.45, 7) is 1.47. The van der Waals surface area contributed by atoms with Gasteiger partial charge in [-0.25, -0.2) is 9.78 Å². The molecule has 0 spiro atoms. The summed E-state index contributed by atoms with van der Waals surface area (Å²) in [7, 11) is 0. The molecule has 2 heterocycles. The predicted octanol–water partition coefficient (Wildman–Crippen LogP) is 2.59. The lowest BCUT2D eigenvalue weighted by Crippen LogP contribution is -2.08. The van der Waals surface area contributed by atoms with Crippen LogP contribution in [0.25, 0.3) is 11.0 Å². The van der Waals surface area contributed by atoms with E-state index in [2.05, 4.69) is 9.97 Å². The van der Waals surface area contributed by atoms with Crippen LogP contribution < -0.4 is 0 Å². The summed E-state index contributed by atoms with van der Waals surface area (Å²) in [6, 6.07) is 1.98. The maximum atomic E-state index is 12.4. The van der Waals surface area contributed by atoms with Crippen LogP contribution in [-0.2, 0) is 6.18 Å². The molecule has 4 nitrogen and oxygen atoms in total. The van der Waals surface area contributed by atoms with Crippen LogP contribution in [0.2, 0.25) is 0 Å². The number of carbonyl (C=O) groups is 1. The van der Waals surface area contributed by atoms with Crippen LogP contribution in [0.5, 0.6) is 0 Å². The van der Waals surface area contributed by atoms with E-state index in [1.807, 2.05) is 0 Å². The maximum absolute atomic E-state index is 12.4. The highest BCUT2D eigenvalue weighted by molar-refractivity contribution is 6.02. The maximum Gasteiger partial charge on any atom is 0.433 e. The number of carboxylic acids is 1. The molecule has 0 amide bonds. The van der Waals surface area contributed by atoms with Gasteiger partial charge in [0.15, 0.2) is 0 Å². The number of aryl methyl sites for hydroxylation is 1. The van der Waals surface area contributed by atoms with Crippen LogP contribution in [0.1, 0.15) is 21.7 Å². The summed E-state index contributed by atoms with van der Waals surface area (Å²) in [5.74, 6) is -1.31. The first-order valence-corrected chi connectivity index (χ1v) is 4.60. The number of nitrogens with zero attached hydrogens (tertiary/aromatic N) is 1. The van der Waals surface area contributed by atoms with Gasteiger partial charge in [-0.05, 0) is 19.1 Å². The largest absolute Gasteiger partial charge is 0.478 e. The van der Waals surface area contributed by atoms with E-state index in [0.29, 0.717) is 0 Å². The lowest BCUT2D eigenvalue weighted by molar-refractivity contribution is -0.140. The van der Waals surface area contributed by atoms with Crippen LogP contribution in [0.15, 0.2) is 12.1 Å². The Morgan fingerprint density at radius 1 is 1.41 bits per heavy atom. The number of carboxylic acid groups (broad SMARTS) is 1. The Balaban J connectivity index is 2.75. The molecule has 0 saturated carbocycles. The summed E-state index contributed by atoms with van der Waals surface area (Å²) in [5.41, 5.74) is -0.963. The van der Waals surface area contributed by atoms with Crippen molar-refractivity contribution in [3.8, 4) is 0 Å². The van der Waals surface area contributed by atoms with Crippen LogP contribution in [-0.4, -0.2) is 21.0 Å². The summed E-state index contributed by atoms with van der Waals surface area (Å²) in [6.07, 6.45) is -4.59. The number of nitrogens with one attached hydrogen (secondary N) is 1. The van der Waals surface area contributed by atoms with Crippen LogP contribution in [0.3, 0.4) is 0 Å². The molecule has 2 rings (SSSR count). The lowest BCUT2D eigenvalue weighted by Gasteiger charge is -2.04. The van der Waals surface area contributed by atoms with Gasteiger partial charge in [0.1, 0.15) is 16.8 Å². The molecule has 17 heavy (non-hydrogen) atoms. The molecule has 0 bridgehead atoms. The number of H-pyrrole nitrogens is 1. The minimum atomic E-state index is -4.59. The number of pyridine rings is 1. The molecule has 7 heteroatoms. The first kappa shape index (κ1) is 11.4. The van der Waals surface area contributed by atoms with Crippen molar-refractivity contribution in [2.24, 2.45) is 0 Å². The number of halogens is 3. The zero-order chi connectivity index (χ0) is 12.8. The predicted molar refractivity (Wildman–Crippen MR) is 52.8 cm³/mol. The molecule has 0 aliphatic heterocycles. The molecule has 0 fully saturated rings. The highest BCUT2D eigenvalue weighted by Crippen LogP contribution is 2.30. The molecule has 90 valence electrons. The Bertz CT molecular complexity index is 601. The van der Waals surface area contributed by atoms with Gasteiger partial charge in [-0.15, -0.1) is 0 Å². The van der Waals surface area contributed by atoms with Gasteiger partial charge in [0.2, 0.25) is 0 Å². The van der Waals surface area contributed by atoms with Crippen molar-refractivity contribution in [1.82, 2.24) is 9.97 Å². The molecular formula is C10H7F3N2O2. The molecule has 2 N–H and O–H groups in total. The van der Waals surface area contributed by atoms with Gasteiger partial charge in [-0.2, -0.15) is 13.2 Å². The monoisotopic (exact) mass is 244 g/mol. The average Bonchev–Trinajstić information content (AvgIpc) is 2.50. The summed E-state index contributed by atoms with van der Waals surface area (Å²) < 4.78 is 37.3. The van der Waals surface area contributed by atoms with Crippen molar-refractivity contribution >= 4 is 17.0 Å². The van der Waals surface area contributed by atoms with E-state index in [0.717, 1.165) is 6.07 Å². The fraction of sp³-hybridized carbons (Fsp3) is 0.200. The van der Waals surface area contributed by atoms with Gasteiger partial charge in [0.05, 0.1) is 5.52 Å². The van der Waals surface area contributed by atoms with E-state index < -0.39 is 17.8 Å². The second kappa shape index (κ2) is 3.47. The van der Waals surface area contributed by atoms with Crippen molar-refractivity contribution in [2.75, 3.05) is 0 Å². The molecule has 0 atom stereocenters. The summed E-state index contributed by atoms with van der Waals surface area (Å²) in [4.78, 5) is 16.9. The first-order valence-electron chi connectivity index (χ1n) is 4.60. The van der Waals surface area contributed by atoms with Gasteiger partial charge in [0, 0.05) is 5.69 Å². The van der Waals surface area contributed by atoms with E-state index in [1.54, 1.807) is 0 Å². The minimum absolute atomic E-state index is 0.176. The zero-order valence-corrected chi connectivity index (χ0v) is 8.59. The molecule has 2 aromatic heterocycles. The summed E-state index contributed by atoms with van der Waals surface area (Å²) in [5, 5.41) is 8.91. The lowest BCUT2D eigenvalue weighted by atomic mass is 10.2. The van der Waals surface area contributed by atoms with Crippen molar-refractivity contribution in [2.45, 2.75) is 13.1 Å². The van der Waals surface area contributed by atoms with Gasteiger partial charge < -0.3 is 10.1 Å². The molecule has 0 aliphatic rings. The Kier molecular flexibility index (Phi) is 2.34. The van der Waals surface area contributed by atoms with E-state index >= 15 is 0 Å². The quantitative estimate of drug-likeness (QED) is 0.810. The van der Waals surface area contributed by atoms with Crippen molar-refractivity contribution in [3.05, 3.63) is 29.1 Å². The van der Waals surface area contributed by atoms with Gasteiger partial charge >= 0.3 is 12.1 Å². The molecule has 0 unspecified atom stereocenters. The smallest absolute Gasteiger partial charge is 0.433 e. The second-order valence-electron chi connectivity index (χ2n) is 3.52. The fourth-order valence-corrected chi connectivity index (χ4v) is 1.61. The number of aromatic amines is 1. The summed E-state index contributed by atoms with van der Waals surface area (Å²) >= 11 is 0. The van der Waals surface area contributed by atoms with Crippen molar-refractivity contribution in [3.63, 3.8) is 0 Å². The van der Waals surface area contributed by atoms with Crippen LogP contribution in [0, 0.1) is 6.92 Å². The van der Waals surface area contributed by atoms with E-state index in [-0.39, 0.29) is 22.3 Å². The van der Waals surface area contributed by atoms with E-state index in [1.165, 1.54) is 13.0 Å². The number of fused-ring (bicyclic) bond motifs is 1. The highest BCUT2D eigenvalue weighted by Gasteiger charge is 2.33. The normalized spacial score (nSPS) is 12.0. The Morgan fingerprint density at radius 2 is 2.06 bits per heavy atom. The number of aromatic carboxylic acids is 1. The molecule has 0 aromatic carbocycles. The fourth-order valence-electron chi connectivity index (χ4n) is 1.61. The SMILES string of the molecule is Cc1[nH]c2ccc(C(F)(F)F)nc2c1C(=O)O. The molecule has 2 aromatic rings. The Labute approximate surface area is 93.1 Å². The number of hydrogen-bond acceptors (Lipinski definition) is 2. The van der Waals surface area contributed by atoms with Gasteiger partial charge in [-0.1, -0.05) is 0 Å². The third-order valence-corrected chi connectivity index (χ3v) is 2.33. The topological polar surface area (TPSA) is 66.0 Å².